The Hall–Kier alpha value is -2.08. The van der Waals surface area contributed by atoms with Gasteiger partial charge in [0.25, 0.3) is 0 Å². The van der Waals surface area contributed by atoms with Gasteiger partial charge in [0.2, 0.25) is 5.91 Å². The summed E-state index contributed by atoms with van der Waals surface area (Å²) in [5.74, 6) is 0.627. The average molecular weight is 429 g/mol. The maximum absolute atomic E-state index is 13.9. The highest BCUT2D eigenvalue weighted by molar-refractivity contribution is 7.99. The van der Waals surface area contributed by atoms with Crippen molar-refractivity contribution >= 4 is 29.0 Å². The van der Waals surface area contributed by atoms with Gasteiger partial charge in [0.05, 0.1) is 5.69 Å². The van der Waals surface area contributed by atoms with Gasteiger partial charge in [-0.1, -0.05) is 13.0 Å². The van der Waals surface area contributed by atoms with E-state index in [-0.39, 0.29) is 23.6 Å². The number of hydrogen-bond donors (Lipinski definition) is 1. The van der Waals surface area contributed by atoms with Crippen LogP contribution in [0, 0.1) is 18.2 Å². The fraction of sp³-hybridized carbons (Fsp3) is 0.458. The lowest BCUT2D eigenvalue weighted by Crippen LogP contribution is -2.30. The fourth-order valence-corrected chi connectivity index (χ4v) is 5.67. The van der Waals surface area contributed by atoms with Crippen LogP contribution in [0.2, 0.25) is 0 Å². The Balaban J connectivity index is 1.36. The zero-order valence-electron chi connectivity index (χ0n) is 17.4. The Labute approximate surface area is 180 Å². The second kappa shape index (κ2) is 6.98. The number of hydrogen-bond acceptors (Lipinski definition) is 3. The molecule has 0 aromatic heterocycles. The SMILES string of the molecule is CCSc1cc(N2CCc3cc(F)ccc3C2)cc(C)c1NC(=O)CC12CC1(F)C2. The van der Waals surface area contributed by atoms with Crippen LogP contribution in [-0.4, -0.2) is 23.9 Å². The molecule has 1 aliphatic heterocycles. The van der Waals surface area contributed by atoms with E-state index in [9.17, 15) is 13.6 Å². The molecule has 5 rings (SSSR count). The lowest BCUT2D eigenvalue weighted by molar-refractivity contribution is -0.116. The van der Waals surface area contributed by atoms with Gasteiger partial charge in [-0.3, -0.25) is 4.79 Å². The molecule has 0 bridgehead atoms. The summed E-state index contributed by atoms with van der Waals surface area (Å²) in [5, 5.41) is 3.07. The van der Waals surface area contributed by atoms with Gasteiger partial charge in [0.1, 0.15) is 11.5 Å². The number of aryl methyl sites for hydroxylation is 1. The first-order valence-electron chi connectivity index (χ1n) is 10.6. The number of alkyl halides is 1. The number of thioether (sulfide) groups is 1. The number of halogens is 2. The smallest absolute Gasteiger partial charge is 0.225 e. The lowest BCUT2D eigenvalue weighted by atomic mass is 9.99. The van der Waals surface area contributed by atoms with Crippen LogP contribution >= 0.6 is 11.8 Å². The maximum atomic E-state index is 13.9. The molecule has 0 saturated heterocycles. The van der Waals surface area contributed by atoms with Gasteiger partial charge < -0.3 is 10.2 Å². The van der Waals surface area contributed by atoms with Crippen LogP contribution in [0.3, 0.4) is 0 Å². The van der Waals surface area contributed by atoms with Crippen molar-refractivity contribution in [1.82, 2.24) is 0 Å². The Bertz CT molecular complexity index is 1030. The van der Waals surface area contributed by atoms with Gasteiger partial charge in [-0.15, -0.1) is 11.8 Å². The molecule has 2 aromatic rings. The van der Waals surface area contributed by atoms with Crippen molar-refractivity contribution in [1.29, 1.82) is 0 Å². The second-order valence-electron chi connectivity index (χ2n) is 8.98. The summed E-state index contributed by atoms with van der Waals surface area (Å²) in [7, 11) is 0. The number of anilines is 2. The minimum Gasteiger partial charge on any atom is -0.367 e. The minimum absolute atomic E-state index is 0.0882. The number of carbonyl (C=O) groups excluding carboxylic acids is 1. The Morgan fingerprint density at radius 1 is 1.23 bits per heavy atom. The van der Waals surface area contributed by atoms with E-state index >= 15 is 0 Å². The highest BCUT2D eigenvalue weighted by Crippen LogP contribution is 2.82. The van der Waals surface area contributed by atoms with E-state index in [0.29, 0.717) is 12.8 Å². The number of nitrogens with zero attached hydrogens (tertiary/aromatic N) is 1. The molecule has 2 saturated carbocycles. The van der Waals surface area contributed by atoms with E-state index in [4.69, 9.17) is 0 Å². The second-order valence-corrected chi connectivity index (χ2v) is 10.3. The topological polar surface area (TPSA) is 32.3 Å². The third kappa shape index (κ3) is 3.39. The molecule has 1 N–H and O–H groups in total. The highest BCUT2D eigenvalue weighted by atomic mass is 32.2. The quantitative estimate of drug-likeness (QED) is 0.605. The van der Waals surface area contributed by atoms with Crippen molar-refractivity contribution in [2.75, 3.05) is 22.5 Å². The number of rotatable bonds is 6. The summed E-state index contributed by atoms with van der Waals surface area (Å²) in [4.78, 5) is 15.9. The third-order valence-electron chi connectivity index (χ3n) is 6.83. The first-order chi connectivity index (χ1) is 14.3. The Morgan fingerprint density at radius 2 is 2.00 bits per heavy atom. The van der Waals surface area contributed by atoms with Gasteiger partial charge in [-0.25, -0.2) is 8.78 Å². The molecule has 0 atom stereocenters. The van der Waals surface area contributed by atoms with Crippen molar-refractivity contribution in [3.05, 3.63) is 52.8 Å². The minimum atomic E-state index is -1.04. The molecule has 30 heavy (non-hydrogen) atoms. The van der Waals surface area contributed by atoms with Crippen molar-refractivity contribution in [3.63, 3.8) is 0 Å². The third-order valence-corrected chi connectivity index (χ3v) is 7.75. The van der Waals surface area contributed by atoms with Gasteiger partial charge in [0.15, 0.2) is 0 Å². The first kappa shape index (κ1) is 19.9. The molecular formula is C24H26F2N2OS. The van der Waals surface area contributed by atoms with E-state index in [0.717, 1.165) is 58.2 Å². The van der Waals surface area contributed by atoms with Crippen molar-refractivity contribution in [3.8, 4) is 0 Å². The van der Waals surface area contributed by atoms with Gasteiger partial charge in [-0.05, 0) is 72.9 Å². The largest absolute Gasteiger partial charge is 0.367 e. The molecule has 158 valence electrons. The monoisotopic (exact) mass is 428 g/mol. The van der Waals surface area contributed by atoms with Crippen LogP contribution in [0.25, 0.3) is 0 Å². The maximum Gasteiger partial charge on any atom is 0.225 e. The van der Waals surface area contributed by atoms with Crippen LogP contribution in [0.5, 0.6) is 0 Å². The van der Waals surface area contributed by atoms with Gasteiger partial charge in [0, 0.05) is 35.5 Å². The van der Waals surface area contributed by atoms with Crippen LogP contribution in [0.1, 0.15) is 42.9 Å². The molecule has 1 heterocycles. The fourth-order valence-electron chi connectivity index (χ4n) is 4.80. The summed E-state index contributed by atoms with van der Waals surface area (Å²) in [6.45, 7) is 5.68. The number of fused-ring (bicyclic) bond motifs is 2. The predicted octanol–water partition coefficient (Wildman–Crippen LogP) is 5.64. The summed E-state index contributed by atoms with van der Waals surface area (Å²) < 4.78 is 27.4. The Morgan fingerprint density at radius 3 is 2.70 bits per heavy atom. The summed E-state index contributed by atoms with van der Waals surface area (Å²) >= 11 is 1.70. The van der Waals surface area contributed by atoms with Gasteiger partial charge in [-0.2, -0.15) is 0 Å². The van der Waals surface area contributed by atoms with Crippen molar-refractivity contribution in [2.45, 2.75) is 56.6 Å². The summed E-state index contributed by atoms with van der Waals surface area (Å²) in [5.41, 5.74) is 3.81. The molecule has 3 aliphatic rings. The van der Waals surface area contributed by atoms with Crippen LogP contribution in [-0.2, 0) is 17.8 Å². The van der Waals surface area contributed by atoms with E-state index < -0.39 is 5.67 Å². The number of amides is 1. The zero-order chi connectivity index (χ0) is 21.1. The lowest BCUT2D eigenvalue weighted by Gasteiger charge is -2.32. The van der Waals surface area contributed by atoms with Gasteiger partial charge >= 0.3 is 0 Å². The van der Waals surface area contributed by atoms with Crippen molar-refractivity contribution < 1.29 is 13.6 Å². The molecular weight excluding hydrogens is 402 g/mol. The van der Waals surface area contributed by atoms with Crippen LogP contribution in [0.4, 0.5) is 20.2 Å². The molecule has 1 amide bonds. The highest BCUT2D eigenvalue weighted by Gasteiger charge is 2.85. The standard InChI is InChI=1S/C24H26F2N2OS/c1-3-30-20-10-19(28-7-6-16-9-18(25)5-4-17(16)12-28)8-15(2)22(20)27-21(29)11-23-13-24(23,26)14-23/h4-5,8-10H,3,6-7,11-14H2,1-2H3,(H,27,29). The molecule has 2 aromatic carbocycles. The molecule has 3 nitrogen and oxygen atoms in total. The van der Waals surface area contributed by atoms with E-state index in [1.165, 1.54) is 6.07 Å². The summed E-state index contributed by atoms with van der Waals surface area (Å²) in [6, 6.07) is 9.28. The van der Waals surface area contributed by atoms with Crippen LogP contribution < -0.4 is 10.2 Å². The van der Waals surface area contributed by atoms with E-state index in [1.54, 1.807) is 17.8 Å². The molecule has 6 heteroatoms. The molecule has 2 aliphatic carbocycles. The average Bonchev–Trinajstić information content (AvgIpc) is 3.46. The number of carbonyl (C=O) groups is 1. The molecule has 2 fully saturated rings. The molecule has 0 spiro atoms. The molecule has 0 radical (unpaired) electrons. The van der Waals surface area contributed by atoms with Crippen LogP contribution in [0.15, 0.2) is 35.2 Å². The number of benzene rings is 2. The molecule has 0 unspecified atom stereocenters. The normalized spacial score (nSPS) is 26.1. The number of nitrogens with one attached hydrogen (secondary N) is 1. The predicted molar refractivity (Wildman–Crippen MR) is 117 cm³/mol. The van der Waals surface area contributed by atoms with E-state index in [1.807, 2.05) is 13.0 Å². The first-order valence-corrected chi connectivity index (χ1v) is 11.6. The zero-order valence-corrected chi connectivity index (χ0v) is 18.2. The Kier molecular flexibility index (Phi) is 4.62. The van der Waals surface area contributed by atoms with E-state index in [2.05, 4.69) is 29.3 Å². The summed E-state index contributed by atoms with van der Waals surface area (Å²) in [6.07, 6.45) is 2.18. The van der Waals surface area contributed by atoms with Crippen molar-refractivity contribution in [2.24, 2.45) is 5.41 Å².